The van der Waals surface area contributed by atoms with Crippen LogP contribution in [-0.4, -0.2) is 25.8 Å². The van der Waals surface area contributed by atoms with Crippen molar-refractivity contribution >= 4 is 0 Å². The van der Waals surface area contributed by atoms with Crippen LogP contribution < -0.4 is 5.32 Å². The normalized spacial score (nSPS) is 14.6. The van der Waals surface area contributed by atoms with Gasteiger partial charge >= 0.3 is 0 Å². The summed E-state index contributed by atoms with van der Waals surface area (Å²) in [6.07, 6.45) is 0.356. The quantitative estimate of drug-likeness (QED) is 0.829. The highest BCUT2D eigenvalue weighted by atomic mass is 19.1. The molecular formula is C13H19F2NO. The lowest BCUT2D eigenvalue weighted by molar-refractivity contribution is 0.0494. The Balaban J connectivity index is 2.76. The summed E-state index contributed by atoms with van der Waals surface area (Å²) in [5.41, 5.74) is 0.371. The monoisotopic (exact) mass is 243 g/mol. The highest BCUT2D eigenvalue weighted by molar-refractivity contribution is 5.20. The number of hydrogen-bond donors (Lipinski definition) is 1. The molecule has 0 heterocycles. The van der Waals surface area contributed by atoms with Gasteiger partial charge in [0.25, 0.3) is 0 Å². The van der Waals surface area contributed by atoms with Crippen LogP contribution in [0.2, 0.25) is 0 Å². The fourth-order valence-electron chi connectivity index (χ4n) is 1.82. The molecule has 2 unspecified atom stereocenters. The van der Waals surface area contributed by atoms with Crippen LogP contribution in [0.1, 0.15) is 19.4 Å². The zero-order valence-electron chi connectivity index (χ0n) is 10.5. The summed E-state index contributed by atoms with van der Waals surface area (Å²) in [7, 11) is 1.79. The van der Waals surface area contributed by atoms with E-state index < -0.39 is 5.82 Å². The first-order chi connectivity index (χ1) is 8.08. The molecular weight excluding hydrogens is 224 g/mol. The highest BCUT2D eigenvalue weighted by Gasteiger charge is 2.18. The summed E-state index contributed by atoms with van der Waals surface area (Å²) in [5, 5.41) is 3.07. The predicted octanol–water partition coefficient (Wildman–Crippen LogP) is 2.52. The smallest absolute Gasteiger partial charge is 0.126 e. The van der Waals surface area contributed by atoms with Crippen molar-refractivity contribution < 1.29 is 13.5 Å². The van der Waals surface area contributed by atoms with E-state index in [2.05, 4.69) is 5.32 Å². The van der Waals surface area contributed by atoms with Crippen molar-refractivity contribution in [1.82, 2.24) is 5.32 Å². The average Bonchev–Trinajstić information content (AvgIpc) is 2.30. The van der Waals surface area contributed by atoms with Gasteiger partial charge in [-0.3, -0.25) is 0 Å². The maximum absolute atomic E-state index is 13.5. The first kappa shape index (κ1) is 14.1. The number of likely N-dealkylation sites (N-methyl/N-ethyl adjacent to an activating group) is 1. The van der Waals surface area contributed by atoms with Gasteiger partial charge in [-0.15, -0.1) is 0 Å². The minimum Gasteiger partial charge on any atom is -0.377 e. The number of rotatable bonds is 6. The number of ether oxygens (including phenoxy) is 1. The third-order valence-electron chi connectivity index (χ3n) is 2.81. The lowest BCUT2D eigenvalue weighted by Crippen LogP contribution is -2.39. The first-order valence-corrected chi connectivity index (χ1v) is 5.81. The van der Waals surface area contributed by atoms with Crippen LogP contribution in [-0.2, 0) is 11.2 Å². The highest BCUT2D eigenvalue weighted by Crippen LogP contribution is 2.14. The van der Waals surface area contributed by atoms with Crippen molar-refractivity contribution in [2.24, 2.45) is 0 Å². The second-order valence-electron chi connectivity index (χ2n) is 4.00. The van der Waals surface area contributed by atoms with E-state index in [0.29, 0.717) is 18.6 Å². The third-order valence-corrected chi connectivity index (χ3v) is 2.81. The maximum atomic E-state index is 13.5. The largest absolute Gasteiger partial charge is 0.377 e. The number of halogens is 2. The molecule has 17 heavy (non-hydrogen) atoms. The van der Waals surface area contributed by atoms with Gasteiger partial charge in [0.2, 0.25) is 0 Å². The molecule has 1 aromatic carbocycles. The Hall–Kier alpha value is -1.00. The zero-order valence-corrected chi connectivity index (χ0v) is 10.5. The molecule has 4 heteroatoms. The third kappa shape index (κ3) is 4.06. The van der Waals surface area contributed by atoms with Crippen LogP contribution in [0.5, 0.6) is 0 Å². The Morgan fingerprint density at radius 2 is 2.06 bits per heavy atom. The molecule has 0 bridgehead atoms. The summed E-state index contributed by atoms with van der Waals surface area (Å²) in [6, 6.07) is 3.48. The minimum atomic E-state index is -0.416. The van der Waals surface area contributed by atoms with Crippen molar-refractivity contribution in [3.05, 3.63) is 35.4 Å². The van der Waals surface area contributed by atoms with Crippen LogP contribution in [0.15, 0.2) is 18.2 Å². The molecule has 0 spiro atoms. The molecule has 0 aliphatic heterocycles. The van der Waals surface area contributed by atoms with Crippen LogP contribution in [0.4, 0.5) is 8.78 Å². The predicted molar refractivity (Wildman–Crippen MR) is 64.0 cm³/mol. The fraction of sp³-hybridized carbons (Fsp3) is 0.538. The Morgan fingerprint density at radius 1 is 1.35 bits per heavy atom. The van der Waals surface area contributed by atoms with Crippen molar-refractivity contribution in [2.75, 3.05) is 13.7 Å². The van der Waals surface area contributed by atoms with Gasteiger partial charge in [-0.05, 0) is 51.1 Å². The van der Waals surface area contributed by atoms with Gasteiger partial charge in [0.1, 0.15) is 11.6 Å². The van der Waals surface area contributed by atoms with Gasteiger partial charge in [0, 0.05) is 12.6 Å². The SMILES string of the molecule is CCOC(C)C(Cc1cc(F)ccc1F)NC. The summed E-state index contributed by atoms with van der Waals surface area (Å²) >= 11 is 0. The molecule has 1 aromatic rings. The van der Waals surface area contributed by atoms with E-state index >= 15 is 0 Å². The standard InChI is InChI=1S/C13H19F2NO/c1-4-17-9(2)13(16-3)8-10-7-11(14)5-6-12(10)15/h5-7,9,13,16H,4,8H2,1-3H3. The molecule has 0 aromatic heterocycles. The Labute approximate surface area is 101 Å². The summed E-state index contributed by atoms with van der Waals surface area (Å²) in [4.78, 5) is 0. The Kier molecular flexibility index (Phi) is 5.51. The van der Waals surface area contributed by atoms with Gasteiger partial charge in [0.05, 0.1) is 6.10 Å². The molecule has 0 aliphatic rings. The molecule has 0 saturated carbocycles. The molecule has 0 fully saturated rings. The molecule has 2 nitrogen and oxygen atoms in total. The molecule has 96 valence electrons. The fourth-order valence-corrected chi connectivity index (χ4v) is 1.82. The molecule has 1 N–H and O–H groups in total. The summed E-state index contributed by atoms with van der Waals surface area (Å²) in [6.45, 7) is 4.43. The summed E-state index contributed by atoms with van der Waals surface area (Å²) in [5.74, 6) is -0.796. The van der Waals surface area contributed by atoms with E-state index in [4.69, 9.17) is 4.74 Å². The molecule has 2 atom stereocenters. The van der Waals surface area contributed by atoms with Gasteiger partial charge in [0.15, 0.2) is 0 Å². The van der Waals surface area contributed by atoms with Crippen molar-refractivity contribution in [3.63, 3.8) is 0 Å². The lowest BCUT2D eigenvalue weighted by Gasteiger charge is -2.23. The summed E-state index contributed by atoms with van der Waals surface area (Å²) < 4.78 is 32.0. The number of hydrogen-bond acceptors (Lipinski definition) is 2. The number of benzene rings is 1. The van der Waals surface area contributed by atoms with E-state index in [1.54, 1.807) is 7.05 Å². The Bertz CT molecular complexity index is 357. The van der Waals surface area contributed by atoms with Crippen LogP contribution in [0.3, 0.4) is 0 Å². The lowest BCUT2D eigenvalue weighted by atomic mass is 10.0. The maximum Gasteiger partial charge on any atom is 0.126 e. The van der Waals surface area contributed by atoms with E-state index in [1.165, 1.54) is 6.07 Å². The van der Waals surface area contributed by atoms with Crippen molar-refractivity contribution in [3.8, 4) is 0 Å². The van der Waals surface area contributed by atoms with Crippen LogP contribution >= 0.6 is 0 Å². The second-order valence-corrected chi connectivity index (χ2v) is 4.00. The second kappa shape index (κ2) is 6.67. The van der Waals surface area contributed by atoms with E-state index in [1.807, 2.05) is 13.8 Å². The van der Waals surface area contributed by atoms with Gasteiger partial charge < -0.3 is 10.1 Å². The minimum absolute atomic E-state index is 0.0359. The van der Waals surface area contributed by atoms with E-state index in [-0.39, 0.29) is 18.0 Å². The molecule has 0 amide bonds. The first-order valence-electron chi connectivity index (χ1n) is 5.81. The molecule has 0 aliphatic carbocycles. The topological polar surface area (TPSA) is 21.3 Å². The molecule has 0 radical (unpaired) electrons. The van der Waals surface area contributed by atoms with E-state index in [9.17, 15) is 8.78 Å². The molecule has 0 saturated heterocycles. The van der Waals surface area contributed by atoms with Crippen molar-refractivity contribution in [2.45, 2.75) is 32.4 Å². The van der Waals surface area contributed by atoms with Gasteiger partial charge in [-0.25, -0.2) is 8.78 Å². The zero-order chi connectivity index (χ0) is 12.8. The van der Waals surface area contributed by atoms with Crippen LogP contribution in [0.25, 0.3) is 0 Å². The van der Waals surface area contributed by atoms with Gasteiger partial charge in [-0.2, -0.15) is 0 Å². The van der Waals surface area contributed by atoms with Crippen molar-refractivity contribution in [1.29, 1.82) is 0 Å². The van der Waals surface area contributed by atoms with Crippen LogP contribution in [0, 0.1) is 11.6 Å². The Morgan fingerprint density at radius 3 is 2.65 bits per heavy atom. The molecule has 1 rings (SSSR count). The van der Waals surface area contributed by atoms with Gasteiger partial charge in [-0.1, -0.05) is 0 Å². The average molecular weight is 243 g/mol. The van der Waals surface area contributed by atoms with E-state index in [0.717, 1.165) is 12.1 Å². The number of nitrogens with one attached hydrogen (secondary N) is 1.